The van der Waals surface area contributed by atoms with Crippen molar-refractivity contribution in [3.63, 3.8) is 0 Å². The molecule has 0 aliphatic rings. The van der Waals surface area contributed by atoms with Crippen molar-refractivity contribution in [3.8, 4) is 0 Å². The van der Waals surface area contributed by atoms with Gasteiger partial charge in [0.05, 0.1) is 0 Å². The monoisotopic (exact) mass is 278 g/mol. The summed E-state index contributed by atoms with van der Waals surface area (Å²) >= 11 is 0. The maximum Gasteiger partial charge on any atom is 0.319 e. The second-order valence-electron chi connectivity index (χ2n) is 4.53. The first-order valence-corrected chi connectivity index (χ1v) is 6.34. The highest BCUT2D eigenvalue weighted by Crippen LogP contribution is 2.23. The number of anilines is 2. The number of aliphatic hydroxyl groups is 1. The Balaban J connectivity index is 2.05. The maximum atomic E-state index is 11.6. The number of rotatable bonds is 5. The molecule has 0 unspecified atom stereocenters. The summed E-state index contributed by atoms with van der Waals surface area (Å²) in [6, 6.07) is 5.47. The molecular formula is C13H18N4O3. The van der Waals surface area contributed by atoms with Crippen molar-refractivity contribution in [1.82, 2.24) is 10.3 Å². The number of oxazole rings is 1. The maximum absolute atomic E-state index is 11.6. The van der Waals surface area contributed by atoms with Crippen molar-refractivity contribution < 1.29 is 14.3 Å². The van der Waals surface area contributed by atoms with E-state index in [-0.39, 0.29) is 12.6 Å². The molecule has 108 valence electrons. The fourth-order valence-electron chi connectivity index (χ4n) is 1.64. The van der Waals surface area contributed by atoms with E-state index in [1.54, 1.807) is 23.1 Å². The van der Waals surface area contributed by atoms with Crippen LogP contribution in [0.5, 0.6) is 0 Å². The Morgan fingerprint density at radius 1 is 1.45 bits per heavy atom. The number of amides is 2. The predicted octanol–water partition coefficient (Wildman–Crippen LogP) is 1.40. The Morgan fingerprint density at radius 3 is 2.95 bits per heavy atom. The molecule has 7 nitrogen and oxygen atoms in total. The van der Waals surface area contributed by atoms with Gasteiger partial charge >= 0.3 is 6.03 Å². The Labute approximate surface area is 116 Å². The van der Waals surface area contributed by atoms with Gasteiger partial charge in [-0.15, -0.1) is 0 Å². The average molecular weight is 278 g/mol. The van der Waals surface area contributed by atoms with E-state index in [0.717, 1.165) is 5.52 Å². The van der Waals surface area contributed by atoms with Gasteiger partial charge in [0.15, 0.2) is 5.58 Å². The van der Waals surface area contributed by atoms with Crippen LogP contribution >= 0.6 is 0 Å². The fourth-order valence-corrected chi connectivity index (χ4v) is 1.64. The van der Waals surface area contributed by atoms with Crippen LogP contribution in [-0.4, -0.2) is 43.4 Å². The molecule has 7 heteroatoms. The average Bonchev–Trinajstić information content (AvgIpc) is 2.82. The van der Waals surface area contributed by atoms with E-state index in [1.165, 1.54) is 0 Å². The Morgan fingerprint density at radius 2 is 2.25 bits per heavy atom. The van der Waals surface area contributed by atoms with Gasteiger partial charge in [0.25, 0.3) is 6.01 Å². The zero-order chi connectivity index (χ0) is 14.5. The first-order chi connectivity index (χ1) is 9.60. The van der Waals surface area contributed by atoms with Gasteiger partial charge in [-0.2, -0.15) is 4.98 Å². The Hall–Kier alpha value is -2.28. The second kappa shape index (κ2) is 6.25. The number of urea groups is 1. The molecular weight excluding hydrogens is 260 g/mol. The molecule has 0 bridgehead atoms. The lowest BCUT2D eigenvalue weighted by molar-refractivity contribution is 0.249. The number of hydrogen-bond acceptors (Lipinski definition) is 5. The zero-order valence-corrected chi connectivity index (χ0v) is 11.5. The third kappa shape index (κ3) is 3.39. The SMILES string of the molecule is CN(C)c1nc2ccc(NC(=O)NCCCO)cc2o1. The number of nitrogens with zero attached hydrogens (tertiary/aromatic N) is 2. The molecule has 1 heterocycles. The number of aromatic nitrogens is 1. The smallest absolute Gasteiger partial charge is 0.319 e. The molecule has 0 saturated carbocycles. The summed E-state index contributed by atoms with van der Waals surface area (Å²) in [6.07, 6.45) is 0.529. The lowest BCUT2D eigenvalue weighted by atomic mass is 10.3. The summed E-state index contributed by atoms with van der Waals surface area (Å²) in [4.78, 5) is 17.6. The van der Waals surface area contributed by atoms with Crippen LogP contribution in [0.1, 0.15) is 6.42 Å². The number of hydrogen-bond donors (Lipinski definition) is 3. The minimum Gasteiger partial charge on any atom is -0.423 e. The summed E-state index contributed by atoms with van der Waals surface area (Å²) in [5, 5.41) is 14.0. The standard InChI is InChI=1S/C13H18N4O3/c1-17(2)13-16-10-5-4-9(8-11(10)20-13)15-12(19)14-6-3-7-18/h4-5,8,18H,3,6-7H2,1-2H3,(H2,14,15,19). The van der Waals surface area contributed by atoms with Crippen molar-refractivity contribution in [3.05, 3.63) is 18.2 Å². The third-order valence-electron chi connectivity index (χ3n) is 2.64. The van der Waals surface area contributed by atoms with Crippen molar-refractivity contribution in [2.75, 3.05) is 37.5 Å². The third-order valence-corrected chi connectivity index (χ3v) is 2.64. The molecule has 2 aromatic rings. The molecule has 0 saturated heterocycles. The van der Waals surface area contributed by atoms with Gasteiger partial charge in [-0.05, 0) is 18.6 Å². The summed E-state index contributed by atoms with van der Waals surface area (Å²) in [5.74, 6) is 0. The molecule has 0 atom stereocenters. The summed E-state index contributed by atoms with van der Waals surface area (Å²) in [7, 11) is 3.69. The van der Waals surface area contributed by atoms with Gasteiger partial charge in [0, 0.05) is 39.0 Å². The highest BCUT2D eigenvalue weighted by Gasteiger charge is 2.09. The summed E-state index contributed by atoms with van der Waals surface area (Å²) in [5.41, 5.74) is 1.97. The molecule has 1 aromatic heterocycles. The lowest BCUT2D eigenvalue weighted by Crippen LogP contribution is -2.29. The minimum atomic E-state index is -0.315. The number of benzene rings is 1. The highest BCUT2D eigenvalue weighted by molar-refractivity contribution is 5.91. The van der Waals surface area contributed by atoms with E-state index in [9.17, 15) is 4.79 Å². The van der Waals surface area contributed by atoms with Crippen LogP contribution in [0.2, 0.25) is 0 Å². The molecule has 2 amide bonds. The second-order valence-corrected chi connectivity index (χ2v) is 4.53. The molecule has 1 aromatic carbocycles. The molecule has 20 heavy (non-hydrogen) atoms. The molecule has 0 fully saturated rings. The van der Waals surface area contributed by atoms with Gasteiger partial charge in [-0.1, -0.05) is 0 Å². The van der Waals surface area contributed by atoms with E-state index in [0.29, 0.717) is 30.3 Å². The zero-order valence-electron chi connectivity index (χ0n) is 11.5. The first-order valence-electron chi connectivity index (χ1n) is 6.34. The number of carbonyl (C=O) groups excluding carboxylic acids is 1. The number of carbonyl (C=O) groups is 1. The summed E-state index contributed by atoms with van der Waals surface area (Å²) < 4.78 is 5.56. The van der Waals surface area contributed by atoms with E-state index >= 15 is 0 Å². The number of nitrogens with one attached hydrogen (secondary N) is 2. The van der Waals surface area contributed by atoms with Gasteiger partial charge in [-0.3, -0.25) is 0 Å². The van der Waals surface area contributed by atoms with Crippen molar-refractivity contribution >= 4 is 28.8 Å². The lowest BCUT2D eigenvalue weighted by Gasteiger charge is -2.06. The van der Waals surface area contributed by atoms with Crippen LogP contribution in [0.4, 0.5) is 16.5 Å². The Kier molecular flexibility index (Phi) is 4.41. The topological polar surface area (TPSA) is 90.6 Å². The van der Waals surface area contributed by atoms with Crippen molar-refractivity contribution in [2.24, 2.45) is 0 Å². The number of fused-ring (bicyclic) bond motifs is 1. The van der Waals surface area contributed by atoms with Crippen molar-refractivity contribution in [1.29, 1.82) is 0 Å². The van der Waals surface area contributed by atoms with Gasteiger partial charge < -0.3 is 25.1 Å². The predicted molar refractivity (Wildman–Crippen MR) is 77.1 cm³/mol. The molecule has 3 N–H and O–H groups in total. The molecule has 0 aliphatic carbocycles. The fraction of sp³-hybridized carbons (Fsp3) is 0.385. The number of aliphatic hydroxyl groups excluding tert-OH is 1. The van der Waals surface area contributed by atoms with E-state index in [1.807, 2.05) is 14.1 Å². The van der Waals surface area contributed by atoms with E-state index in [2.05, 4.69) is 15.6 Å². The summed E-state index contributed by atoms with van der Waals surface area (Å²) in [6.45, 7) is 0.481. The first kappa shape index (κ1) is 14.1. The van der Waals surface area contributed by atoms with E-state index < -0.39 is 0 Å². The van der Waals surface area contributed by atoms with E-state index in [4.69, 9.17) is 9.52 Å². The van der Waals surface area contributed by atoms with Crippen LogP contribution in [0.25, 0.3) is 11.1 Å². The van der Waals surface area contributed by atoms with Gasteiger partial charge in [0.2, 0.25) is 0 Å². The van der Waals surface area contributed by atoms with Crippen molar-refractivity contribution in [2.45, 2.75) is 6.42 Å². The van der Waals surface area contributed by atoms with Gasteiger partial charge in [-0.25, -0.2) is 4.79 Å². The quantitative estimate of drug-likeness (QED) is 0.719. The molecule has 0 radical (unpaired) electrons. The van der Waals surface area contributed by atoms with Gasteiger partial charge in [0.1, 0.15) is 5.52 Å². The van der Waals surface area contributed by atoms with Crippen LogP contribution in [0.3, 0.4) is 0 Å². The largest absolute Gasteiger partial charge is 0.423 e. The molecule has 2 rings (SSSR count). The highest BCUT2D eigenvalue weighted by atomic mass is 16.4. The Bertz CT molecular complexity index is 594. The van der Waals surface area contributed by atoms with Crippen LogP contribution in [0.15, 0.2) is 22.6 Å². The van der Waals surface area contributed by atoms with Crippen LogP contribution in [0, 0.1) is 0 Å². The minimum absolute atomic E-state index is 0.0532. The normalized spacial score (nSPS) is 10.6. The van der Waals surface area contributed by atoms with Crippen LogP contribution in [-0.2, 0) is 0 Å². The molecule has 0 spiro atoms. The van der Waals surface area contributed by atoms with Crippen LogP contribution < -0.4 is 15.5 Å². The molecule has 0 aliphatic heterocycles.